The lowest BCUT2D eigenvalue weighted by Crippen LogP contribution is -2.53. The van der Waals surface area contributed by atoms with E-state index in [0.29, 0.717) is 18.0 Å². The van der Waals surface area contributed by atoms with Gasteiger partial charge in [0.2, 0.25) is 5.95 Å². The molecule has 0 amide bonds. The number of anilines is 1. The standard InChI is InChI=1S/C18H31N5/c1-13(2)23-11-16(19)8-17(12-23)22-18-20-9-15(10-21-18)14-6-4-3-5-7-14/h9-10,13-14,16-17H,3-8,11-12,19H2,1-2H3,(H,20,21,22). The molecule has 2 heterocycles. The quantitative estimate of drug-likeness (QED) is 0.894. The van der Waals surface area contributed by atoms with Gasteiger partial charge in [0.05, 0.1) is 0 Å². The Morgan fingerprint density at radius 2 is 1.83 bits per heavy atom. The predicted octanol–water partition coefficient (Wildman–Crippen LogP) is 2.75. The molecule has 0 radical (unpaired) electrons. The third-order valence-corrected chi connectivity index (χ3v) is 5.32. The van der Waals surface area contributed by atoms with E-state index in [4.69, 9.17) is 5.73 Å². The number of nitrogens with zero attached hydrogens (tertiary/aromatic N) is 3. The highest BCUT2D eigenvalue weighted by Gasteiger charge is 2.27. The van der Waals surface area contributed by atoms with Gasteiger partial charge in [0.1, 0.15) is 0 Å². The van der Waals surface area contributed by atoms with Crippen molar-refractivity contribution in [3.63, 3.8) is 0 Å². The fourth-order valence-corrected chi connectivity index (χ4v) is 3.94. The van der Waals surface area contributed by atoms with E-state index in [2.05, 4.69) is 34.0 Å². The van der Waals surface area contributed by atoms with Crippen molar-refractivity contribution >= 4 is 5.95 Å². The molecular weight excluding hydrogens is 286 g/mol. The average molecular weight is 317 g/mol. The van der Waals surface area contributed by atoms with Crippen LogP contribution < -0.4 is 11.1 Å². The molecule has 2 fully saturated rings. The highest BCUT2D eigenvalue weighted by atomic mass is 15.2. The minimum atomic E-state index is 0.227. The molecule has 1 aromatic rings. The van der Waals surface area contributed by atoms with Crippen molar-refractivity contribution in [2.75, 3.05) is 18.4 Å². The zero-order valence-electron chi connectivity index (χ0n) is 14.5. The number of nitrogens with one attached hydrogen (secondary N) is 1. The Balaban J connectivity index is 1.59. The monoisotopic (exact) mass is 317 g/mol. The number of hydrogen-bond acceptors (Lipinski definition) is 5. The lowest BCUT2D eigenvalue weighted by molar-refractivity contribution is 0.159. The Hall–Kier alpha value is -1.20. The molecule has 0 bridgehead atoms. The summed E-state index contributed by atoms with van der Waals surface area (Å²) < 4.78 is 0. The summed E-state index contributed by atoms with van der Waals surface area (Å²) in [7, 11) is 0. The summed E-state index contributed by atoms with van der Waals surface area (Å²) in [4.78, 5) is 11.6. The van der Waals surface area contributed by atoms with Crippen LogP contribution in [-0.2, 0) is 0 Å². The number of aromatic nitrogens is 2. The maximum Gasteiger partial charge on any atom is 0.222 e. The summed E-state index contributed by atoms with van der Waals surface area (Å²) in [6.07, 6.45) is 11.7. The second-order valence-corrected chi connectivity index (χ2v) is 7.56. The maximum absolute atomic E-state index is 6.21. The second kappa shape index (κ2) is 7.58. The molecule has 1 aliphatic carbocycles. The van der Waals surface area contributed by atoms with E-state index >= 15 is 0 Å². The van der Waals surface area contributed by atoms with Crippen molar-refractivity contribution in [3.8, 4) is 0 Å². The van der Waals surface area contributed by atoms with Crippen LogP contribution in [0.3, 0.4) is 0 Å². The first-order valence-corrected chi connectivity index (χ1v) is 9.20. The summed E-state index contributed by atoms with van der Waals surface area (Å²) in [5, 5.41) is 3.48. The highest BCUT2D eigenvalue weighted by molar-refractivity contribution is 5.28. The van der Waals surface area contributed by atoms with Crippen molar-refractivity contribution in [2.24, 2.45) is 5.73 Å². The molecule has 2 atom stereocenters. The summed E-state index contributed by atoms with van der Waals surface area (Å²) in [6.45, 7) is 6.45. The molecular formula is C18H31N5. The van der Waals surface area contributed by atoms with Gasteiger partial charge in [-0.3, -0.25) is 4.90 Å². The Morgan fingerprint density at radius 3 is 2.48 bits per heavy atom. The van der Waals surface area contributed by atoms with E-state index in [9.17, 15) is 0 Å². The summed E-state index contributed by atoms with van der Waals surface area (Å²) in [5.74, 6) is 1.41. The largest absolute Gasteiger partial charge is 0.350 e. The zero-order chi connectivity index (χ0) is 16.2. The van der Waals surface area contributed by atoms with E-state index in [1.165, 1.54) is 37.7 Å². The molecule has 2 unspecified atom stereocenters. The third kappa shape index (κ3) is 4.42. The van der Waals surface area contributed by atoms with Crippen LogP contribution in [-0.4, -0.2) is 46.1 Å². The smallest absolute Gasteiger partial charge is 0.222 e. The molecule has 1 aliphatic heterocycles. The average Bonchev–Trinajstić information content (AvgIpc) is 2.56. The molecule has 3 N–H and O–H groups in total. The molecule has 3 rings (SSSR count). The summed E-state index contributed by atoms with van der Waals surface area (Å²) in [6, 6.07) is 1.09. The molecule has 2 aliphatic rings. The summed E-state index contributed by atoms with van der Waals surface area (Å²) >= 11 is 0. The molecule has 0 spiro atoms. The van der Waals surface area contributed by atoms with Crippen LogP contribution in [0.15, 0.2) is 12.4 Å². The van der Waals surface area contributed by atoms with Gasteiger partial charge in [-0.1, -0.05) is 19.3 Å². The minimum Gasteiger partial charge on any atom is -0.350 e. The van der Waals surface area contributed by atoms with Crippen LogP contribution >= 0.6 is 0 Å². The predicted molar refractivity (Wildman–Crippen MR) is 94.6 cm³/mol. The van der Waals surface area contributed by atoms with Gasteiger partial charge in [-0.15, -0.1) is 0 Å². The molecule has 0 aromatic carbocycles. The van der Waals surface area contributed by atoms with E-state index in [1.54, 1.807) is 0 Å². The van der Waals surface area contributed by atoms with Crippen molar-refractivity contribution in [2.45, 2.75) is 76.4 Å². The number of piperidine rings is 1. The van der Waals surface area contributed by atoms with E-state index < -0.39 is 0 Å². The fraction of sp³-hybridized carbons (Fsp3) is 0.778. The topological polar surface area (TPSA) is 67.1 Å². The highest BCUT2D eigenvalue weighted by Crippen LogP contribution is 2.32. The molecule has 128 valence electrons. The SMILES string of the molecule is CC(C)N1CC(N)CC(Nc2ncc(C3CCCCC3)cn2)C1. The third-order valence-electron chi connectivity index (χ3n) is 5.32. The molecule has 1 saturated heterocycles. The van der Waals surface area contributed by atoms with Gasteiger partial charge in [0.15, 0.2) is 0 Å². The number of rotatable bonds is 4. The van der Waals surface area contributed by atoms with Crippen molar-refractivity contribution in [1.29, 1.82) is 0 Å². The van der Waals surface area contributed by atoms with Gasteiger partial charge in [-0.25, -0.2) is 9.97 Å². The Kier molecular flexibility index (Phi) is 5.49. The summed E-state index contributed by atoms with van der Waals surface area (Å²) in [5.41, 5.74) is 7.51. The Bertz CT molecular complexity index is 481. The van der Waals surface area contributed by atoms with Crippen LogP contribution in [0.5, 0.6) is 0 Å². The zero-order valence-corrected chi connectivity index (χ0v) is 14.5. The first kappa shape index (κ1) is 16.7. The van der Waals surface area contributed by atoms with Crippen LogP contribution in [0.4, 0.5) is 5.95 Å². The van der Waals surface area contributed by atoms with E-state index in [-0.39, 0.29) is 6.04 Å². The van der Waals surface area contributed by atoms with Crippen molar-refractivity contribution in [3.05, 3.63) is 18.0 Å². The first-order chi connectivity index (χ1) is 11.1. The number of likely N-dealkylation sites (tertiary alicyclic amines) is 1. The van der Waals surface area contributed by atoms with Crippen LogP contribution in [0.1, 0.15) is 63.9 Å². The number of hydrogen-bond donors (Lipinski definition) is 2. The van der Waals surface area contributed by atoms with Gasteiger partial charge >= 0.3 is 0 Å². The lowest BCUT2D eigenvalue weighted by Gasteiger charge is -2.38. The van der Waals surface area contributed by atoms with Gasteiger partial charge in [0.25, 0.3) is 0 Å². The molecule has 23 heavy (non-hydrogen) atoms. The Labute approximate surface area is 140 Å². The molecule has 5 nitrogen and oxygen atoms in total. The molecule has 1 aromatic heterocycles. The first-order valence-electron chi connectivity index (χ1n) is 9.20. The van der Waals surface area contributed by atoms with Gasteiger partial charge < -0.3 is 11.1 Å². The van der Waals surface area contributed by atoms with Crippen LogP contribution in [0.25, 0.3) is 0 Å². The van der Waals surface area contributed by atoms with Crippen LogP contribution in [0, 0.1) is 0 Å². The van der Waals surface area contributed by atoms with Crippen molar-refractivity contribution < 1.29 is 0 Å². The Morgan fingerprint density at radius 1 is 1.13 bits per heavy atom. The maximum atomic E-state index is 6.21. The van der Waals surface area contributed by atoms with Crippen LogP contribution in [0.2, 0.25) is 0 Å². The van der Waals surface area contributed by atoms with E-state index in [0.717, 1.165) is 25.5 Å². The number of nitrogens with two attached hydrogens (primary N) is 1. The van der Waals surface area contributed by atoms with E-state index in [1.807, 2.05) is 12.4 Å². The normalized spacial score (nSPS) is 27.3. The minimum absolute atomic E-state index is 0.227. The second-order valence-electron chi connectivity index (χ2n) is 7.56. The molecule has 1 saturated carbocycles. The molecule has 5 heteroatoms. The van der Waals surface area contributed by atoms with Crippen molar-refractivity contribution in [1.82, 2.24) is 14.9 Å². The van der Waals surface area contributed by atoms with Gasteiger partial charge in [-0.2, -0.15) is 0 Å². The lowest BCUT2D eigenvalue weighted by atomic mass is 9.85. The fourth-order valence-electron chi connectivity index (χ4n) is 3.94. The van der Waals surface area contributed by atoms with Gasteiger partial charge in [-0.05, 0) is 44.6 Å². The van der Waals surface area contributed by atoms with Gasteiger partial charge in [0, 0.05) is 43.6 Å².